The molecule has 0 unspecified atom stereocenters. The van der Waals surface area contributed by atoms with Crippen LogP contribution in [0.25, 0.3) is 0 Å². The maximum absolute atomic E-state index is 11.4. The first-order chi connectivity index (χ1) is 9.29. The van der Waals surface area contributed by atoms with E-state index in [9.17, 15) is 4.79 Å². The number of ether oxygens (including phenoxy) is 1. The number of nitrogens with one attached hydrogen (secondary N) is 1. The lowest BCUT2D eigenvalue weighted by atomic mass is 10.2. The van der Waals surface area contributed by atoms with Crippen LogP contribution >= 0.6 is 12.6 Å². The first-order valence-electron chi connectivity index (χ1n) is 5.96. The highest BCUT2D eigenvalue weighted by Crippen LogP contribution is 2.24. The lowest BCUT2D eigenvalue weighted by Gasteiger charge is -2.12. The van der Waals surface area contributed by atoms with Crippen LogP contribution in [0.15, 0.2) is 54.6 Å². The maximum atomic E-state index is 11.4. The minimum atomic E-state index is -0.154. The monoisotopic (exact) mass is 273 g/mol. The van der Waals surface area contributed by atoms with Crippen LogP contribution in [0.4, 0.5) is 5.69 Å². The second-order valence-corrected chi connectivity index (χ2v) is 4.29. The van der Waals surface area contributed by atoms with Gasteiger partial charge in [-0.25, -0.2) is 0 Å². The molecule has 0 spiro atoms. The van der Waals surface area contributed by atoms with Gasteiger partial charge < -0.3 is 10.1 Å². The molecule has 0 aliphatic rings. The molecule has 0 fully saturated rings. The quantitative estimate of drug-likeness (QED) is 0.821. The van der Waals surface area contributed by atoms with Crippen LogP contribution in [0.5, 0.6) is 5.75 Å². The molecule has 19 heavy (non-hydrogen) atoms. The van der Waals surface area contributed by atoms with Gasteiger partial charge >= 0.3 is 0 Å². The number of rotatable bonds is 5. The smallest absolute Gasteiger partial charge is 0.234 e. The standard InChI is InChI=1S/C15H15NO2S/c17-15(11-19)16-13-8-4-5-9-14(13)18-10-12-6-2-1-3-7-12/h1-9,19H,10-11H2,(H,16,17). The zero-order chi connectivity index (χ0) is 13.5. The molecule has 0 aromatic heterocycles. The molecule has 0 aliphatic carbocycles. The molecule has 2 rings (SSSR count). The van der Waals surface area contributed by atoms with E-state index < -0.39 is 0 Å². The zero-order valence-electron chi connectivity index (χ0n) is 10.4. The van der Waals surface area contributed by atoms with Gasteiger partial charge in [-0.1, -0.05) is 42.5 Å². The molecule has 0 bridgehead atoms. The number of carbonyl (C=O) groups is 1. The van der Waals surface area contributed by atoms with E-state index in [0.717, 1.165) is 5.56 Å². The Hall–Kier alpha value is -1.94. The second-order valence-electron chi connectivity index (χ2n) is 3.98. The van der Waals surface area contributed by atoms with Crippen LogP contribution in [-0.4, -0.2) is 11.7 Å². The predicted molar refractivity (Wildman–Crippen MR) is 79.7 cm³/mol. The van der Waals surface area contributed by atoms with Gasteiger partial charge in [-0.15, -0.1) is 0 Å². The second kappa shape index (κ2) is 6.85. The van der Waals surface area contributed by atoms with Gasteiger partial charge in [0.25, 0.3) is 0 Å². The number of hydrogen-bond acceptors (Lipinski definition) is 3. The lowest BCUT2D eigenvalue weighted by Crippen LogP contribution is -2.13. The molecule has 0 heterocycles. The molecule has 0 atom stereocenters. The van der Waals surface area contributed by atoms with Gasteiger partial charge in [-0.3, -0.25) is 4.79 Å². The van der Waals surface area contributed by atoms with Gasteiger partial charge in [0.2, 0.25) is 5.91 Å². The van der Waals surface area contributed by atoms with E-state index in [2.05, 4.69) is 17.9 Å². The van der Waals surface area contributed by atoms with Crippen LogP contribution in [0.1, 0.15) is 5.56 Å². The Balaban J connectivity index is 2.05. The highest BCUT2D eigenvalue weighted by molar-refractivity contribution is 7.81. The average Bonchev–Trinajstić information content (AvgIpc) is 2.47. The minimum Gasteiger partial charge on any atom is -0.487 e. The number of hydrogen-bond donors (Lipinski definition) is 2. The fourth-order valence-electron chi connectivity index (χ4n) is 1.62. The van der Waals surface area contributed by atoms with Gasteiger partial charge in [-0.2, -0.15) is 12.6 Å². The summed E-state index contributed by atoms with van der Waals surface area (Å²) in [6.07, 6.45) is 0. The molecule has 2 aromatic carbocycles. The van der Waals surface area contributed by atoms with Crippen LogP contribution in [0.3, 0.4) is 0 Å². The highest BCUT2D eigenvalue weighted by Gasteiger charge is 2.06. The van der Waals surface area contributed by atoms with Gasteiger partial charge in [0, 0.05) is 0 Å². The zero-order valence-corrected chi connectivity index (χ0v) is 11.3. The third-order valence-electron chi connectivity index (χ3n) is 2.54. The van der Waals surface area contributed by atoms with Crippen molar-refractivity contribution in [2.75, 3.05) is 11.1 Å². The Morgan fingerprint density at radius 2 is 1.74 bits per heavy atom. The molecule has 2 aromatic rings. The summed E-state index contributed by atoms with van der Waals surface area (Å²) in [5.74, 6) is 0.646. The first kappa shape index (κ1) is 13.5. The number of amides is 1. The van der Waals surface area contributed by atoms with E-state index in [0.29, 0.717) is 18.0 Å². The molecule has 0 aliphatic heterocycles. The topological polar surface area (TPSA) is 38.3 Å². The molecule has 0 radical (unpaired) electrons. The molecule has 1 N–H and O–H groups in total. The van der Waals surface area contributed by atoms with Gasteiger partial charge in [0.05, 0.1) is 11.4 Å². The largest absolute Gasteiger partial charge is 0.487 e. The van der Waals surface area contributed by atoms with Crippen molar-refractivity contribution in [3.63, 3.8) is 0 Å². The summed E-state index contributed by atoms with van der Waals surface area (Å²) >= 11 is 3.94. The summed E-state index contributed by atoms with van der Waals surface area (Å²) in [6.45, 7) is 0.467. The van der Waals surface area contributed by atoms with Crippen molar-refractivity contribution >= 4 is 24.2 Å². The van der Waals surface area contributed by atoms with Crippen LogP contribution in [0.2, 0.25) is 0 Å². The number of para-hydroxylation sites is 2. The minimum absolute atomic E-state index is 0.146. The van der Waals surface area contributed by atoms with Crippen molar-refractivity contribution in [2.24, 2.45) is 0 Å². The number of benzene rings is 2. The lowest BCUT2D eigenvalue weighted by molar-refractivity contribution is -0.113. The molecule has 0 saturated carbocycles. The fourth-order valence-corrected chi connectivity index (χ4v) is 1.70. The van der Waals surface area contributed by atoms with E-state index in [1.54, 1.807) is 0 Å². The molecular formula is C15H15NO2S. The number of carbonyl (C=O) groups excluding carboxylic acids is 1. The Kier molecular flexibility index (Phi) is 4.86. The number of thiol groups is 1. The van der Waals surface area contributed by atoms with E-state index >= 15 is 0 Å². The molecule has 1 amide bonds. The van der Waals surface area contributed by atoms with Gasteiger partial charge in [0.15, 0.2) is 0 Å². The predicted octanol–water partition coefficient (Wildman–Crippen LogP) is 3.13. The molecule has 0 saturated heterocycles. The Labute approximate surface area is 118 Å². The summed E-state index contributed by atoms with van der Waals surface area (Å²) < 4.78 is 5.73. The van der Waals surface area contributed by atoms with E-state index in [1.165, 1.54) is 0 Å². The summed E-state index contributed by atoms with van der Waals surface area (Å²) in [5, 5.41) is 2.76. The summed E-state index contributed by atoms with van der Waals surface area (Å²) in [6, 6.07) is 17.2. The van der Waals surface area contributed by atoms with E-state index in [4.69, 9.17) is 4.74 Å². The summed E-state index contributed by atoms with van der Waals surface area (Å²) in [5.41, 5.74) is 1.75. The number of anilines is 1. The maximum Gasteiger partial charge on any atom is 0.234 e. The SMILES string of the molecule is O=C(CS)Nc1ccccc1OCc1ccccc1. The first-order valence-corrected chi connectivity index (χ1v) is 6.59. The Morgan fingerprint density at radius 1 is 1.05 bits per heavy atom. The molecule has 3 nitrogen and oxygen atoms in total. The normalized spacial score (nSPS) is 9.95. The van der Waals surface area contributed by atoms with Crippen molar-refractivity contribution in [3.8, 4) is 5.75 Å². The molecular weight excluding hydrogens is 258 g/mol. The highest BCUT2D eigenvalue weighted by atomic mass is 32.1. The van der Waals surface area contributed by atoms with Crippen molar-refractivity contribution in [1.29, 1.82) is 0 Å². The van der Waals surface area contributed by atoms with Crippen LogP contribution in [-0.2, 0) is 11.4 Å². The van der Waals surface area contributed by atoms with Crippen molar-refractivity contribution in [1.82, 2.24) is 0 Å². The van der Waals surface area contributed by atoms with Gasteiger partial charge in [0.1, 0.15) is 12.4 Å². The van der Waals surface area contributed by atoms with E-state index in [1.807, 2.05) is 54.6 Å². The van der Waals surface area contributed by atoms with Crippen molar-refractivity contribution < 1.29 is 9.53 Å². The third kappa shape index (κ3) is 4.03. The molecule has 4 heteroatoms. The van der Waals surface area contributed by atoms with Crippen LogP contribution < -0.4 is 10.1 Å². The van der Waals surface area contributed by atoms with Crippen molar-refractivity contribution in [3.05, 3.63) is 60.2 Å². The van der Waals surface area contributed by atoms with Crippen molar-refractivity contribution in [2.45, 2.75) is 6.61 Å². The van der Waals surface area contributed by atoms with E-state index in [-0.39, 0.29) is 11.7 Å². The Morgan fingerprint density at radius 3 is 2.47 bits per heavy atom. The summed E-state index contributed by atoms with van der Waals surface area (Å²) in [7, 11) is 0. The third-order valence-corrected chi connectivity index (χ3v) is 2.83. The Bertz CT molecular complexity index is 543. The molecule has 98 valence electrons. The average molecular weight is 273 g/mol. The fraction of sp³-hybridized carbons (Fsp3) is 0.133. The van der Waals surface area contributed by atoms with Crippen LogP contribution in [0, 0.1) is 0 Å². The summed E-state index contributed by atoms with van der Waals surface area (Å²) in [4.78, 5) is 11.4. The van der Waals surface area contributed by atoms with Gasteiger partial charge in [-0.05, 0) is 17.7 Å².